The quantitative estimate of drug-likeness (QED) is 0.106. The normalized spacial score (nSPS) is 17.3. The van der Waals surface area contributed by atoms with Crippen molar-refractivity contribution in [2.24, 2.45) is 4.99 Å². The van der Waals surface area contributed by atoms with Gasteiger partial charge < -0.3 is 19.3 Å². The van der Waals surface area contributed by atoms with Crippen molar-refractivity contribution in [3.05, 3.63) is 130 Å². The van der Waals surface area contributed by atoms with Gasteiger partial charge in [-0.2, -0.15) is 0 Å². The maximum atomic E-state index is 14.4. The maximum Gasteiger partial charge on any atom is 0.266 e. The Morgan fingerprint density at radius 3 is 2.44 bits per heavy atom. The molecular weight excluding hydrogens is 634 g/mol. The van der Waals surface area contributed by atoms with Crippen LogP contribution >= 0.6 is 15.9 Å². The first-order valence-corrected chi connectivity index (χ1v) is 16.0. The Labute approximate surface area is 272 Å². The van der Waals surface area contributed by atoms with Gasteiger partial charge in [0.15, 0.2) is 11.6 Å². The predicted molar refractivity (Wildman–Crippen MR) is 178 cm³/mol. The van der Waals surface area contributed by atoms with E-state index in [4.69, 9.17) is 24.3 Å². The van der Waals surface area contributed by atoms with Crippen LogP contribution in [-0.2, 0) is 22.4 Å². The number of aliphatic imine (C=N–C) groups is 1. The summed E-state index contributed by atoms with van der Waals surface area (Å²) in [5.41, 5.74) is 8.33. The van der Waals surface area contributed by atoms with E-state index in [9.17, 15) is 4.79 Å². The summed E-state index contributed by atoms with van der Waals surface area (Å²) in [4.78, 5) is 19.5. The smallest absolute Gasteiger partial charge is 0.266 e. The fraction of sp³-hybridized carbons (Fsp3) is 0.278. The number of hydrogen-bond acceptors (Lipinski definition) is 7. The van der Waals surface area contributed by atoms with Crippen LogP contribution in [0.1, 0.15) is 41.7 Å². The average Bonchev–Trinajstić information content (AvgIpc) is 3.45. The molecule has 0 unspecified atom stereocenters. The number of benzene rings is 4. The predicted octanol–water partition coefficient (Wildman–Crippen LogP) is 5.97. The van der Waals surface area contributed by atoms with E-state index in [0.717, 1.165) is 32.5 Å². The number of nitrogens with zero attached hydrogens (tertiary/aromatic N) is 1. The van der Waals surface area contributed by atoms with Gasteiger partial charge in [-0.25, -0.2) is 10.4 Å². The molecule has 4 aromatic carbocycles. The van der Waals surface area contributed by atoms with Crippen LogP contribution < -0.4 is 20.3 Å². The molecule has 2 atom stereocenters. The van der Waals surface area contributed by atoms with Gasteiger partial charge in [0.1, 0.15) is 11.5 Å². The van der Waals surface area contributed by atoms with Gasteiger partial charge in [0.05, 0.1) is 13.2 Å². The van der Waals surface area contributed by atoms with E-state index in [2.05, 4.69) is 26.8 Å². The minimum atomic E-state index is -1.33. The second-order valence-corrected chi connectivity index (χ2v) is 11.5. The first kappa shape index (κ1) is 32.2. The number of aliphatic hydroxyl groups excluding tert-OH is 1. The molecule has 3 N–H and O–H groups in total. The van der Waals surface area contributed by atoms with Crippen molar-refractivity contribution in [2.75, 3.05) is 26.4 Å². The lowest BCUT2D eigenvalue weighted by atomic mass is 9.82. The zero-order valence-electron chi connectivity index (χ0n) is 25.2. The minimum Gasteiger partial charge on any atom is -0.494 e. The molecule has 0 saturated heterocycles. The number of carbonyl (C=O) groups is 1. The second kappa shape index (κ2) is 15.7. The zero-order chi connectivity index (χ0) is 31.5. The molecule has 0 saturated carbocycles. The van der Waals surface area contributed by atoms with Crippen molar-refractivity contribution < 1.29 is 24.1 Å². The molecule has 1 aliphatic rings. The maximum absolute atomic E-state index is 14.4. The molecule has 4 aromatic rings. The second-order valence-electron chi connectivity index (χ2n) is 10.6. The van der Waals surface area contributed by atoms with Crippen LogP contribution in [0, 0.1) is 0 Å². The van der Waals surface area contributed by atoms with Crippen molar-refractivity contribution in [2.45, 2.75) is 37.8 Å². The van der Waals surface area contributed by atoms with E-state index < -0.39 is 11.6 Å². The Balaban J connectivity index is 1.45. The Hall–Kier alpha value is -4.18. The Morgan fingerprint density at radius 2 is 1.69 bits per heavy atom. The van der Waals surface area contributed by atoms with Crippen molar-refractivity contribution in [1.29, 1.82) is 0 Å². The van der Waals surface area contributed by atoms with E-state index in [-0.39, 0.29) is 12.5 Å². The van der Waals surface area contributed by atoms with Gasteiger partial charge in [-0.05, 0) is 60.9 Å². The third-order valence-electron chi connectivity index (χ3n) is 7.53. The van der Waals surface area contributed by atoms with Crippen LogP contribution in [0.3, 0.4) is 0 Å². The monoisotopic (exact) mass is 671 g/mol. The van der Waals surface area contributed by atoms with Gasteiger partial charge in [-0.15, -0.1) is 0 Å². The molecule has 0 aliphatic carbocycles. The van der Waals surface area contributed by atoms with Gasteiger partial charge >= 0.3 is 0 Å². The Kier molecular flexibility index (Phi) is 11.2. The van der Waals surface area contributed by atoms with E-state index >= 15 is 0 Å². The number of halogens is 1. The lowest BCUT2D eigenvalue weighted by molar-refractivity contribution is -0.130. The highest BCUT2D eigenvalue weighted by Gasteiger charge is 2.53. The summed E-state index contributed by atoms with van der Waals surface area (Å²) >= 11 is 3.69. The highest BCUT2D eigenvalue weighted by atomic mass is 79.9. The van der Waals surface area contributed by atoms with Crippen LogP contribution in [0.4, 0.5) is 0 Å². The molecule has 9 heteroatoms. The Morgan fingerprint density at radius 1 is 0.956 bits per heavy atom. The lowest BCUT2D eigenvalue weighted by Crippen LogP contribution is -2.54. The number of hydrogen-bond donors (Lipinski definition) is 3. The molecule has 8 nitrogen and oxygen atoms in total. The Bertz CT molecular complexity index is 1580. The number of aliphatic hydroxyl groups is 1. The summed E-state index contributed by atoms with van der Waals surface area (Å²) in [5, 5.41) is 9.06. The fourth-order valence-corrected chi connectivity index (χ4v) is 5.80. The summed E-state index contributed by atoms with van der Waals surface area (Å²) in [5.74, 6) is 1.58. The first-order valence-electron chi connectivity index (χ1n) is 15.2. The van der Waals surface area contributed by atoms with Gasteiger partial charge in [0.2, 0.25) is 5.90 Å². The van der Waals surface area contributed by atoms with Crippen LogP contribution in [0.5, 0.6) is 11.5 Å². The fourth-order valence-electron chi connectivity index (χ4n) is 5.31. The van der Waals surface area contributed by atoms with Gasteiger partial charge in [0.25, 0.3) is 5.91 Å². The SMILES string of the molecule is CCOc1ccccc1CCNNC(=O)[C@@]1(Cc2ccccc2)N=C(c2ccc(OCCCO)cc2)O[C@H]1c1ccccc1Br. The van der Waals surface area contributed by atoms with Gasteiger partial charge in [0, 0.05) is 41.6 Å². The number of nitrogens with one attached hydrogen (secondary N) is 2. The van der Waals surface area contributed by atoms with E-state index in [0.29, 0.717) is 50.7 Å². The van der Waals surface area contributed by atoms with E-state index in [1.165, 1.54) is 0 Å². The number of amides is 1. The molecule has 1 amide bonds. The molecule has 5 rings (SSSR count). The summed E-state index contributed by atoms with van der Waals surface area (Å²) in [6.45, 7) is 3.52. The van der Waals surface area contributed by atoms with Crippen LogP contribution in [0.2, 0.25) is 0 Å². The zero-order valence-corrected chi connectivity index (χ0v) is 26.8. The minimum absolute atomic E-state index is 0.0696. The number of rotatable bonds is 15. The molecule has 0 spiro atoms. The number of carbonyl (C=O) groups excluding carboxylic acids is 1. The van der Waals surface area contributed by atoms with Crippen molar-refractivity contribution >= 4 is 27.7 Å². The molecule has 0 aromatic heterocycles. The largest absolute Gasteiger partial charge is 0.494 e. The topological polar surface area (TPSA) is 101 Å². The summed E-state index contributed by atoms with van der Waals surface area (Å²) in [7, 11) is 0. The number of para-hydroxylation sites is 1. The summed E-state index contributed by atoms with van der Waals surface area (Å²) in [6.07, 6.45) is 0.805. The molecule has 0 radical (unpaired) electrons. The van der Waals surface area contributed by atoms with Crippen LogP contribution in [0.15, 0.2) is 113 Å². The average molecular weight is 673 g/mol. The van der Waals surface area contributed by atoms with Gasteiger partial charge in [-0.3, -0.25) is 10.2 Å². The van der Waals surface area contributed by atoms with Crippen molar-refractivity contribution in [3.63, 3.8) is 0 Å². The first-order chi connectivity index (χ1) is 22.0. The molecule has 0 fully saturated rings. The standard InChI is InChI=1S/C36H38BrN3O5/c1-2-43-32-16-9-6-13-27(32)21-22-38-40-35(42)36(25-26-11-4-3-5-12-26)33(30-14-7-8-15-31(30)37)45-34(39-36)28-17-19-29(20-18-28)44-24-10-23-41/h3-9,11-20,33,38,41H,2,10,21-25H2,1H3,(H,40,42)/t33-,36-/m0/s1. The van der Waals surface area contributed by atoms with Crippen LogP contribution in [-0.4, -0.2) is 48.8 Å². The summed E-state index contributed by atoms with van der Waals surface area (Å²) < 4.78 is 18.9. The lowest BCUT2D eigenvalue weighted by Gasteiger charge is -2.31. The molecule has 234 valence electrons. The molecule has 45 heavy (non-hydrogen) atoms. The van der Waals surface area contributed by atoms with E-state index in [1.54, 1.807) is 0 Å². The summed E-state index contributed by atoms with van der Waals surface area (Å²) in [6, 6.07) is 32.9. The molecular formula is C36H38BrN3O5. The highest BCUT2D eigenvalue weighted by molar-refractivity contribution is 9.10. The molecule has 1 heterocycles. The van der Waals surface area contributed by atoms with Crippen LogP contribution in [0.25, 0.3) is 0 Å². The third kappa shape index (κ3) is 7.92. The number of hydrazine groups is 1. The highest BCUT2D eigenvalue weighted by Crippen LogP contribution is 2.44. The van der Waals surface area contributed by atoms with Crippen molar-refractivity contribution in [1.82, 2.24) is 10.9 Å². The van der Waals surface area contributed by atoms with Gasteiger partial charge in [-0.1, -0.05) is 82.7 Å². The third-order valence-corrected chi connectivity index (χ3v) is 8.25. The van der Waals surface area contributed by atoms with Crippen molar-refractivity contribution in [3.8, 4) is 11.5 Å². The van der Waals surface area contributed by atoms with E-state index in [1.807, 2.05) is 110 Å². The number of ether oxygens (including phenoxy) is 3. The molecule has 1 aliphatic heterocycles. The molecule has 0 bridgehead atoms.